The van der Waals surface area contributed by atoms with Crippen LogP contribution < -0.4 is 5.32 Å². The molecule has 2 aromatic heterocycles. The molecule has 0 aliphatic heterocycles. The summed E-state index contributed by atoms with van der Waals surface area (Å²) in [5, 5.41) is 18.2. The molecule has 0 aromatic carbocycles. The lowest BCUT2D eigenvalue weighted by Crippen LogP contribution is -2.45. The van der Waals surface area contributed by atoms with Gasteiger partial charge in [0.15, 0.2) is 5.69 Å². The Kier molecular flexibility index (Phi) is 11.3. The lowest BCUT2D eigenvalue weighted by Gasteiger charge is -2.34. The van der Waals surface area contributed by atoms with E-state index >= 15 is 0 Å². The van der Waals surface area contributed by atoms with E-state index in [1.165, 1.54) is 6.20 Å². The minimum Gasteiger partial charge on any atom is -0.388 e. The molecular formula is C26H36ClF3N4O4S. The van der Waals surface area contributed by atoms with E-state index in [4.69, 9.17) is 20.0 Å². The van der Waals surface area contributed by atoms with Crippen molar-refractivity contribution in [1.29, 1.82) is 0 Å². The van der Waals surface area contributed by atoms with Crippen molar-refractivity contribution in [3.05, 3.63) is 34.2 Å². The number of halogens is 4. The van der Waals surface area contributed by atoms with Crippen LogP contribution in [-0.2, 0) is 31.0 Å². The first-order valence-corrected chi connectivity index (χ1v) is 13.9. The summed E-state index contributed by atoms with van der Waals surface area (Å²) in [6, 6.07) is 1.67. The average molecular weight is 593 g/mol. The second-order valence-corrected chi connectivity index (χ2v) is 11.2. The van der Waals surface area contributed by atoms with Gasteiger partial charge in [0.1, 0.15) is 0 Å². The summed E-state index contributed by atoms with van der Waals surface area (Å²) in [7, 11) is 0. The van der Waals surface area contributed by atoms with Crippen LogP contribution in [0, 0.1) is 11.3 Å². The molecule has 1 saturated carbocycles. The number of hydrogen-bond donors (Lipinski definition) is 2. The van der Waals surface area contributed by atoms with E-state index in [1.807, 2.05) is 13.8 Å². The predicted molar refractivity (Wildman–Crippen MR) is 143 cm³/mol. The molecule has 13 heteroatoms. The first kappa shape index (κ1) is 32.9. The van der Waals surface area contributed by atoms with Gasteiger partial charge in [0, 0.05) is 37.0 Å². The number of nitrogens with zero attached hydrogens (tertiary/aromatic N) is 3. The van der Waals surface area contributed by atoms with Gasteiger partial charge in [-0.25, -0.2) is 0 Å². The van der Waals surface area contributed by atoms with Gasteiger partial charge in [0.25, 0.3) is 5.91 Å². The molecule has 0 atom stereocenters. The Morgan fingerprint density at radius 1 is 1.26 bits per heavy atom. The normalized spacial score (nSPS) is 19.7. The van der Waals surface area contributed by atoms with Crippen LogP contribution in [0.5, 0.6) is 0 Å². The molecule has 1 amide bonds. The third-order valence-corrected chi connectivity index (χ3v) is 7.62. The van der Waals surface area contributed by atoms with E-state index in [2.05, 4.69) is 22.3 Å². The molecule has 0 bridgehead atoms. The van der Waals surface area contributed by atoms with Gasteiger partial charge in [0.2, 0.25) is 0 Å². The first-order valence-electron chi connectivity index (χ1n) is 12.9. The molecule has 2 aromatic rings. The van der Waals surface area contributed by atoms with Crippen LogP contribution in [-0.4, -0.2) is 52.5 Å². The SMILES string of the molecule is CCc1cc(CC(C)(C)C(F)(F)F)ncc1-c1c(Cl)c(C(=O)NCC2(O)CCC(C)CC2)nn1CC.O=S=O. The summed E-state index contributed by atoms with van der Waals surface area (Å²) < 4.78 is 58.3. The van der Waals surface area contributed by atoms with Crippen LogP contribution in [0.2, 0.25) is 5.02 Å². The highest BCUT2D eigenvalue weighted by molar-refractivity contribution is 7.51. The number of carbonyl (C=O) groups excluding carboxylic acids is 1. The van der Waals surface area contributed by atoms with Crippen molar-refractivity contribution in [2.45, 2.75) is 91.5 Å². The van der Waals surface area contributed by atoms with Crippen LogP contribution in [0.25, 0.3) is 11.3 Å². The Labute approximate surface area is 235 Å². The van der Waals surface area contributed by atoms with E-state index in [9.17, 15) is 23.1 Å². The molecule has 0 spiro atoms. The summed E-state index contributed by atoms with van der Waals surface area (Å²) in [6.07, 6.45) is 0.517. The maximum atomic E-state index is 13.4. The smallest absolute Gasteiger partial charge is 0.388 e. The first-order chi connectivity index (χ1) is 18.1. The van der Waals surface area contributed by atoms with Crippen molar-refractivity contribution >= 4 is 29.1 Å². The minimum atomic E-state index is -4.35. The number of nitrogens with one attached hydrogen (secondary N) is 1. The summed E-state index contributed by atoms with van der Waals surface area (Å²) in [5.74, 6) is 0.0839. The van der Waals surface area contributed by atoms with Crippen LogP contribution in [0.1, 0.15) is 82.0 Å². The maximum Gasteiger partial charge on any atom is 0.394 e. The van der Waals surface area contributed by atoms with E-state index in [1.54, 1.807) is 10.7 Å². The molecule has 1 aliphatic carbocycles. The van der Waals surface area contributed by atoms with E-state index < -0.39 is 34.7 Å². The highest BCUT2D eigenvalue weighted by Crippen LogP contribution is 2.41. The molecule has 0 radical (unpaired) electrons. The van der Waals surface area contributed by atoms with Gasteiger partial charge in [-0.05, 0) is 56.6 Å². The molecule has 8 nitrogen and oxygen atoms in total. The largest absolute Gasteiger partial charge is 0.394 e. The van der Waals surface area contributed by atoms with Gasteiger partial charge in [-0.15, -0.1) is 0 Å². The van der Waals surface area contributed by atoms with Crippen molar-refractivity contribution in [3.63, 3.8) is 0 Å². The Morgan fingerprint density at radius 2 is 1.85 bits per heavy atom. The number of hydrogen-bond acceptors (Lipinski definition) is 6. The van der Waals surface area contributed by atoms with E-state index in [-0.39, 0.29) is 23.7 Å². The number of aromatic nitrogens is 3. The fourth-order valence-electron chi connectivity index (χ4n) is 4.58. The molecule has 3 rings (SSSR count). The Balaban J connectivity index is 0.00000170. The van der Waals surface area contributed by atoms with Crippen molar-refractivity contribution in [2.75, 3.05) is 6.54 Å². The highest BCUT2D eigenvalue weighted by Gasteiger charge is 2.47. The second-order valence-electron chi connectivity index (χ2n) is 10.7. The monoisotopic (exact) mass is 592 g/mol. The number of rotatable bonds is 8. The van der Waals surface area contributed by atoms with Crippen LogP contribution in [0.4, 0.5) is 13.2 Å². The summed E-state index contributed by atoms with van der Waals surface area (Å²) >= 11 is 5.91. The number of aryl methyl sites for hydroxylation is 2. The fourth-order valence-corrected chi connectivity index (χ4v) is 4.90. The highest BCUT2D eigenvalue weighted by atomic mass is 35.5. The third-order valence-electron chi connectivity index (χ3n) is 7.26. The number of aliphatic hydroxyl groups is 1. The lowest BCUT2D eigenvalue weighted by molar-refractivity contribution is -0.211. The average Bonchev–Trinajstić information content (AvgIpc) is 3.20. The van der Waals surface area contributed by atoms with Gasteiger partial charge in [-0.1, -0.05) is 39.3 Å². The minimum absolute atomic E-state index is 0.0469. The van der Waals surface area contributed by atoms with Gasteiger partial charge < -0.3 is 10.4 Å². The van der Waals surface area contributed by atoms with E-state index in [0.717, 1.165) is 32.3 Å². The zero-order valence-electron chi connectivity index (χ0n) is 22.8. The van der Waals surface area contributed by atoms with Crippen molar-refractivity contribution in [2.24, 2.45) is 11.3 Å². The maximum absolute atomic E-state index is 13.4. The molecule has 2 heterocycles. The van der Waals surface area contributed by atoms with Gasteiger partial charge in [0.05, 0.1) is 21.7 Å². The summed E-state index contributed by atoms with van der Waals surface area (Å²) in [6.45, 7) is 8.78. The molecule has 218 valence electrons. The molecular weight excluding hydrogens is 557 g/mol. The quantitative estimate of drug-likeness (QED) is 0.429. The second kappa shape index (κ2) is 13.4. The number of amides is 1. The van der Waals surface area contributed by atoms with Crippen LogP contribution in [0.3, 0.4) is 0 Å². The summed E-state index contributed by atoms with van der Waals surface area (Å²) in [5.41, 5.74) is -0.572. The fraction of sp³-hybridized carbons (Fsp3) is 0.654. The van der Waals surface area contributed by atoms with Gasteiger partial charge in [-0.3, -0.25) is 14.5 Å². The van der Waals surface area contributed by atoms with Crippen LogP contribution >= 0.6 is 11.6 Å². The molecule has 2 N–H and O–H groups in total. The Bertz CT molecular complexity index is 1190. The van der Waals surface area contributed by atoms with Gasteiger partial charge >= 0.3 is 17.7 Å². The third kappa shape index (κ3) is 8.11. The number of alkyl halides is 3. The molecule has 0 unspecified atom stereocenters. The molecule has 1 fully saturated rings. The molecule has 1 aliphatic rings. The number of pyridine rings is 1. The van der Waals surface area contributed by atoms with Gasteiger partial charge in [-0.2, -0.15) is 26.7 Å². The number of carbonyl (C=O) groups is 1. The van der Waals surface area contributed by atoms with Crippen molar-refractivity contribution in [3.8, 4) is 11.3 Å². The van der Waals surface area contributed by atoms with Crippen molar-refractivity contribution in [1.82, 2.24) is 20.1 Å². The molecule has 0 saturated heterocycles. The Hall–Kier alpha value is -2.31. The standard InChI is InChI=1S/C26H36ClF3N4O2.O2S/c1-6-17-12-18(13-24(4,5)26(28,29)30)31-14-19(17)22-20(27)21(33-34(22)7-2)23(35)32-15-25(36)10-8-16(3)9-11-25;1-3-2/h12,14,16,36H,6-11,13,15H2,1-5H3,(H,32,35);. The topological polar surface area (TPSA) is 114 Å². The predicted octanol–water partition coefficient (Wildman–Crippen LogP) is 5.31. The van der Waals surface area contributed by atoms with Crippen LogP contribution in [0.15, 0.2) is 12.3 Å². The molecule has 39 heavy (non-hydrogen) atoms. The summed E-state index contributed by atoms with van der Waals surface area (Å²) in [4.78, 5) is 17.3. The zero-order valence-corrected chi connectivity index (χ0v) is 24.4. The zero-order chi connectivity index (χ0) is 29.6. The van der Waals surface area contributed by atoms with E-state index in [0.29, 0.717) is 48.7 Å². The Morgan fingerprint density at radius 3 is 2.36 bits per heavy atom. The lowest BCUT2D eigenvalue weighted by atomic mass is 9.79. The van der Waals surface area contributed by atoms with Crippen molar-refractivity contribution < 1.29 is 31.5 Å².